The molecule has 1 N–H and O–H groups in total. The molecule has 0 aliphatic heterocycles. The molecule has 2 bridgehead atoms. The average Bonchev–Trinajstić information content (AvgIpc) is 2.67. The van der Waals surface area contributed by atoms with Crippen molar-refractivity contribution in [3.05, 3.63) is 29.3 Å². The number of carbonyl (C=O) groups is 1. The number of fused-ring (bicyclic) bond motifs is 2. The zero-order chi connectivity index (χ0) is 16.3. The van der Waals surface area contributed by atoms with Crippen molar-refractivity contribution in [3.63, 3.8) is 0 Å². The first-order valence-corrected chi connectivity index (χ1v) is 8.11. The third kappa shape index (κ3) is 1.81. The van der Waals surface area contributed by atoms with Crippen LogP contribution in [-0.2, 0) is 4.79 Å². The van der Waals surface area contributed by atoms with Crippen molar-refractivity contribution >= 4 is 5.97 Å². The lowest BCUT2D eigenvalue weighted by atomic mass is 9.65. The van der Waals surface area contributed by atoms with E-state index in [0.717, 1.165) is 24.0 Å². The van der Waals surface area contributed by atoms with Crippen molar-refractivity contribution in [1.82, 2.24) is 0 Å². The summed E-state index contributed by atoms with van der Waals surface area (Å²) in [5.74, 6) is 0.436. The summed E-state index contributed by atoms with van der Waals surface area (Å²) in [6, 6.07) is 5.85. The van der Waals surface area contributed by atoms with Crippen molar-refractivity contribution < 1.29 is 14.6 Å². The van der Waals surface area contributed by atoms with Gasteiger partial charge in [0.2, 0.25) is 0 Å². The summed E-state index contributed by atoms with van der Waals surface area (Å²) >= 11 is 0. The van der Waals surface area contributed by atoms with Crippen LogP contribution < -0.4 is 4.74 Å². The molecule has 1 aromatic carbocycles. The van der Waals surface area contributed by atoms with Crippen LogP contribution in [0.1, 0.15) is 51.2 Å². The maximum absolute atomic E-state index is 13.0. The van der Waals surface area contributed by atoms with Crippen molar-refractivity contribution in [3.8, 4) is 5.75 Å². The number of hydrogen-bond donors (Lipinski definition) is 1. The Morgan fingerprint density at radius 1 is 1.14 bits per heavy atom. The molecule has 2 fully saturated rings. The van der Waals surface area contributed by atoms with Gasteiger partial charge in [-0.1, -0.05) is 26.8 Å². The Morgan fingerprint density at radius 3 is 2.18 bits per heavy atom. The molecule has 1 aromatic rings. The van der Waals surface area contributed by atoms with Crippen LogP contribution >= 0.6 is 0 Å². The Hall–Kier alpha value is -1.35. The van der Waals surface area contributed by atoms with Gasteiger partial charge in [-0.25, -0.2) is 0 Å². The van der Waals surface area contributed by atoms with Crippen LogP contribution in [0.4, 0.5) is 0 Å². The van der Waals surface area contributed by atoms with Gasteiger partial charge in [-0.05, 0) is 67.2 Å². The Morgan fingerprint density at radius 2 is 1.73 bits per heavy atom. The summed E-state index contributed by atoms with van der Waals surface area (Å²) < 4.78 is 5.76. The Balaban J connectivity index is 1.92. The summed E-state index contributed by atoms with van der Waals surface area (Å²) in [7, 11) is 0. The topological polar surface area (TPSA) is 46.5 Å². The fourth-order valence-electron chi connectivity index (χ4n) is 4.78. The van der Waals surface area contributed by atoms with Crippen molar-refractivity contribution in [2.24, 2.45) is 16.2 Å². The van der Waals surface area contributed by atoms with Gasteiger partial charge in [-0.15, -0.1) is 0 Å². The molecule has 2 aliphatic rings. The molecule has 3 rings (SSSR count). The van der Waals surface area contributed by atoms with Crippen LogP contribution in [0.15, 0.2) is 18.2 Å². The minimum Gasteiger partial charge on any atom is -0.426 e. The summed E-state index contributed by atoms with van der Waals surface area (Å²) in [6.45, 7) is 10.3. The van der Waals surface area contributed by atoms with Crippen LogP contribution in [0.2, 0.25) is 0 Å². The predicted octanol–water partition coefficient (Wildman–Crippen LogP) is 3.79. The number of hydrogen-bond acceptors (Lipinski definition) is 3. The van der Waals surface area contributed by atoms with Crippen molar-refractivity contribution in [2.45, 2.75) is 60.0 Å². The molecule has 2 saturated carbocycles. The van der Waals surface area contributed by atoms with Crippen LogP contribution in [0.5, 0.6) is 5.75 Å². The minimum atomic E-state index is -0.571. The van der Waals surface area contributed by atoms with Gasteiger partial charge < -0.3 is 9.84 Å². The Bertz CT molecular complexity index is 613. The van der Waals surface area contributed by atoms with Gasteiger partial charge in [-0.2, -0.15) is 0 Å². The number of benzene rings is 1. The Kier molecular flexibility index (Phi) is 3.23. The van der Waals surface area contributed by atoms with Gasteiger partial charge in [0.05, 0.1) is 11.5 Å². The number of carbonyl (C=O) groups excluding carboxylic acids is 1. The summed E-state index contributed by atoms with van der Waals surface area (Å²) in [5.41, 5.74) is 1.15. The van der Waals surface area contributed by atoms with E-state index in [-0.39, 0.29) is 16.8 Å². The van der Waals surface area contributed by atoms with Gasteiger partial charge >= 0.3 is 5.97 Å². The zero-order valence-corrected chi connectivity index (χ0v) is 14.2. The molecule has 2 aliphatic carbocycles. The van der Waals surface area contributed by atoms with E-state index in [1.165, 1.54) is 0 Å². The molecule has 22 heavy (non-hydrogen) atoms. The van der Waals surface area contributed by atoms with E-state index in [0.29, 0.717) is 12.2 Å². The molecule has 3 atom stereocenters. The molecule has 3 heteroatoms. The van der Waals surface area contributed by atoms with E-state index in [2.05, 4.69) is 26.8 Å². The molecule has 3 unspecified atom stereocenters. The summed E-state index contributed by atoms with van der Waals surface area (Å²) in [5, 5.41) is 10.5. The van der Waals surface area contributed by atoms with Gasteiger partial charge in [0.15, 0.2) is 0 Å². The molecule has 120 valence electrons. The number of esters is 1. The standard InChI is InChI=1S/C19H26O3/c1-12-8-13(2)10-14(9-12)22-16(21)19-7-6-18(5,15(20)11-19)17(19,3)4/h8-10,15,20H,6-7,11H2,1-5H3. The number of aryl methyl sites for hydroxylation is 2. The number of ether oxygens (including phenoxy) is 1. The van der Waals surface area contributed by atoms with Crippen LogP contribution in [0.25, 0.3) is 0 Å². The van der Waals surface area contributed by atoms with E-state index < -0.39 is 11.5 Å². The van der Waals surface area contributed by atoms with Gasteiger partial charge in [0.25, 0.3) is 0 Å². The molecular weight excluding hydrogens is 276 g/mol. The highest BCUT2D eigenvalue weighted by molar-refractivity contribution is 5.82. The van der Waals surface area contributed by atoms with Gasteiger partial charge in [0.1, 0.15) is 5.75 Å². The Labute approximate surface area is 132 Å². The minimum absolute atomic E-state index is 0.178. The van der Waals surface area contributed by atoms with Crippen molar-refractivity contribution in [2.75, 3.05) is 0 Å². The molecule has 0 aromatic heterocycles. The third-order valence-corrected chi connectivity index (χ3v) is 6.77. The molecule has 0 heterocycles. The third-order valence-electron chi connectivity index (χ3n) is 6.77. The number of aliphatic hydroxyl groups is 1. The smallest absolute Gasteiger partial charge is 0.318 e. The quantitative estimate of drug-likeness (QED) is 0.668. The first kappa shape index (κ1) is 15.5. The highest BCUT2D eigenvalue weighted by Gasteiger charge is 2.72. The first-order chi connectivity index (χ1) is 10.1. The van der Waals surface area contributed by atoms with E-state index in [1.54, 1.807) is 0 Å². The average molecular weight is 302 g/mol. The largest absolute Gasteiger partial charge is 0.426 e. The lowest BCUT2D eigenvalue weighted by Gasteiger charge is -2.39. The number of aliphatic hydroxyl groups excluding tert-OH is 1. The second-order valence-corrected chi connectivity index (χ2v) is 8.06. The summed E-state index contributed by atoms with van der Waals surface area (Å²) in [4.78, 5) is 13.0. The van der Waals surface area contributed by atoms with Gasteiger partial charge in [-0.3, -0.25) is 4.79 Å². The molecule has 0 amide bonds. The fraction of sp³-hybridized carbons (Fsp3) is 0.632. The fourth-order valence-corrected chi connectivity index (χ4v) is 4.78. The lowest BCUT2D eigenvalue weighted by molar-refractivity contribution is -0.151. The monoisotopic (exact) mass is 302 g/mol. The lowest BCUT2D eigenvalue weighted by Crippen LogP contribution is -2.42. The highest BCUT2D eigenvalue weighted by atomic mass is 16.5. The van der Waals surface area contributed by atoms with E-state index >= 15 is 0 Å². The first-order valence-electron chi connectivity index (χ1n) is 8.11. The van der Waals surface area contributed by atoms with Crippen molar-refractivity contribution in [1.29, 1.82) is 0 Å². The van der Waals surface area contributed by atoms with Gasteiger partial charge in [0, 0.05) is 0 Å². The molecule has 0 saturated heterocycles. The van der Waals surface area contributed by atoms with Crippen LogP contribution in [0.3, 0.4) is 0 Å². The maximum atomic E-state index is 13.0. The molecule has 3 nitrogen and oxygen atoms in total. The molecule has 0 radical (unpaired) electrons. The number of rotatable bonds is 2. The van der Waals surface area contributed by atoms with E-state index in [1.807, 2.05) is 26.0 Å². The SMILES string of the molecule is Cc1cc(C)cc(OC(=O)C23CCC(C)(C(O)C2)C3(C)C)c1. The zero-order valence-electron chi connectivity index (χ0n) is 14.2. The molecular formula is C19H26O3. The van der Waals surface area contributed by atoms with Crippen LogP contribution in [-0.4, -0.2) is 17.2 Å². The summed E-state index contributed by atoms with van der Waals surface area (Å²) in [6.07, 6.45) is 1.77. The predicted molar refractivity (Wildman–Crippen MR) is 85.7 cm³/mol. The highest BCUT2D eigenvalue weighted by Crippen LogP contribution is 2.72. The molecule has 0 spiro atoms. The maximum Gasteiger partial charge on any atom is 0.318 e. The van der Waals surface area contributed by atoms with E-state index in [9.17, 15) is 9.90 Å². The second-order valence-electron chi connectivity index (χ2n) is 8.06. The second kappa shape index (κ2) is 4.58. The van der Waals surface area contributed by atoms with Crippen LogP contribution in [0, 0.1) is 30.1 Å². The van der Waals surface area contributed by atoms with E-state index in [4.69, 9.17) is 4.74 Å². The normalized spacial score (nSPS) is 35.6.